The van der Waals surface area contributed by atoms with Crippen LogP contribution in [0.3, 0.4) is 0 Å². The van der Waals surface area contributed by atoms with E-state index >= 15 is 0 Å². The first kappa shape index (κ1) is 17.1. The van der Waals surface area contributed by atoms with Gasteiger partial charge in [0.15, 0.2) is 0 Å². The summed E-state index contributed by atoms with van der Waals surface area (Å²) in [5.74, 6) is 0.430. The van der Waals surface area contributed by atoms with E-state index in [0.29, 0.717) is 30.1 Å². The van der Waals surface area contributed by atoms with Crippen LogP contribution in [-0.4, -0.2) is 47.2 Å². The molecule has 138 valence electrons. The second kappa shape index (κ2) is 7.15. The molecule has 2 aromatic rings. The SMILES string of the molecule is COc1cc(N(C2CC2)C2CCN(Cc3ccc(F)cc3F)C2)ncn1. The summed E-state index contributed by atoms with van der Waals surface area (Å²) in [5, 5.41) is 0. The monoisotopic (exact) mass is 360 g/mol. The minimum Gasteiger partial charge on any atom is -0.481 e. The van der Waals surface area contributed by atoms with Gasteiger partial charge < -0.3 is 9.64 Å². The molecule has 1 saturated carbocycles. The Balaban J connectivity index is 1.47. The van der Waals surface area contributed by atoms with E-state index in [4.69, 9.17) is 4.74 Å². The third kappa shape index (κ3) is 3.62. The summed E-state index contributed by atoms with van der Waals surface area (Å²) in [6.07, 6.45) is 4.85. The third-order valence-corrected chi connectivity index (χ3v) is 5.09. The van der Waals surface area contributed by atoms with Gasteiger partial charge in [0, 0.05) is 49.4 Å². The molecule has 2 aliphatic rings. The highest BCUT2D eigenvalue weighted by Crippen LogP contribution is 2.35. The molecule has 1 aliphatic heterocycles. The maximum absolute atomic E-state index is 13.9. The molecule has 0 bridgehead atoms. The summed E-state index contributed by atoms with van der Waals surface area (Å²) in [7, 11) is 1.60. The Morgan fingerprint density at radius 2 is 2.00 bits per heavy atom. The fraction of sp³-hybridized carbons (Fsp3) is 0.474. The van der Waals surface area contributed by atoms with Crippen molar-refractivity contribution in [2.24, 2.45) is 0 Å². The number of halogens is 2. The lowest BCUT2D eigenvalue weighted by atomic mass is 10.2. The van der Waals surface area contributed by atoms with Gasteiger partial charge in [0.25, 0.3) is 0 Å². The van der Waals surface area contributed by atoms with Crippen molar-refractivity contribution in [1.82, 2.24) is 14.9 Å². The van der Waals surface area contributed by atoms with Crippen molar-refractivity contribution in [3.05, 3.63) is 47.8 Å². The quantitative estimate of drug-likeness (QED) is 0.792. The fourth-order valence-corrected chi connectivity index (χ4v) is 3.68. The van der Waals surface area contributed by atoms with E-state index < -0.39 is 11.6 Å². The average molecular weight is 360 g/mol. The summed E-state index contributed by atoms with van der Waals surface area (Å²) in [5.41, 5.74) is 0.536. The molecule has 5 nitrogen and oxygen atoms in total. The summed E-state index contributed by atoms with van der Waals surface area (Å²) in [6, 6.07) is 6.50. The number of ether oxygens (including phenoxy) is 1. The Morgan fingerprint density at radius 1 is 1.15 bits per heavy atom. The molecule has 2 fully saturated rings. The Kier molecular flexibility index (Phi) is 4.72. The van der Waals surface area contributed by atoms with Gasteiger partial charge >= 0.3 is 0 Å². The molecule has 0 N–H and O–H groups in total. The van der Waals surface area contributed by atoms with E-state index in [-0.39, 0.29) is 0 Å². The van der Waals surface area contributed by atoms with E-state index in [1.54, 1.807) is 7.11 Å². The van der Waals surface area contributed by atoms with Gasteiger partial charge in [-0.2, -0.15) is 0 Å². The van der Waals surface area contributed by atoms with Crippen LogP contribution in [0.25, 0.3) is 0 Å². The average Bonchev–Trinajstić information content (AvgIpc) is 3.36. The zero-order valence-electron chi connectivity index (χ0n) is 14.7. The molecule has 26 heavy (non-hydrogen) atoms. The molecule has 1 aliphatic carbocycles. The molecule has 1 saturated heterocycles. The van der Waals surface area contributed by atoms with E-state index in [2.05, 4.69) is 19.8 Å². The minimum atomic E-state index is -0.539. The molecule has 0 radical (unpaired) electrons. The number of rotatable bonds is 6. The molecule has 4 rings (SSSR count). The maximum atomic E-state index is 13.9. The molecule has 0 spiro atoms. The Hall–Kier alpha value is -2.28. The lowest BCUT2D eigenvalue weighted by Crippen LogP contribution is -2.40. The molecular formula is C19H22F2N4O. The van der Waals surface area contributed by atoms with Gasteiger partial charge in [0.05, 0.1) is 7.11 Å². The largest absolute Gasteiger partial charge is 0.481 e. The van der Waals surface area contributed by atoms with Crippen LogP contribution in [-0.2, 0) is 6.54 Å². The normalized spacial score (nSPS) is 20.3. The molecule has 1 unspecified atom stereocenters. The second-order valence-electron chi connectivity index (χ2n) is 6.97. The van der Waals surface area contributed by atoms with Crippen molar-refractivity contribution in [3.63, 3.8) is 0 Å². The van der Waals surface area contributed by atoms with Crippen LogP contribution in [0.2, 0.25) is 0 Å². The first-order chi connectivity index (χ1) is 12.6. The number of benzene rings is 1. The van der Waals surface area contributed by atoms with Crippen molar-refractivity contribution < 1.29 is 13.5 Å². The lowest BCUT2D eigenvalue weighted by molar-refractivity contribution is 0.318. The zero-order valence-corrected chi connectivity index (χ0v) is 14.7. The number of likely N-dealkylation sites (tertiary alicyclic amines) is 1. The lowest BCUT2D eigenvalue weighted by Gasteiger charge is -2.30. The van der Waals surface area contributed by atoms with Crippen molar-refractivity contribution in [2.75, 3.05) is 25.1 Å². The molecule has 1 aromatic heterocycles. The standard InChI is InChI=1S/C19H22F2N4O/c1-26-19-9-18(22-12-23-19)25(15-4-5-15)16-6-7-24(11-16)10-13-2-3-14(20)8-17(13)21/h2-3,8-9,12,15-16H,4-7,10-11H2,1H3. The summed E-state index contributed by atoms with van der Waals surface area (Å²) in [4.78, 5) is 13.1. The van der Waals surface area contributed by atoms with Crippen LogP contribution < -0.4 is 9.64 Å². The van der Waals surface area contributed by atoms with Crippen LogP contribution in [0.15, 0.2) is 30.6 Å². The highest BCUT2D eigenvalue weighted by molar-refractivity contribution is 5.45. The van der Waals surface area contributed by atoms with Crippen molar-refractivity contribution >= 4 is 5.82 Å². The van der Waals surface area contributed by atoms with Crippen LogP contribution in [0.4, 0.5) is 14.6 Å². The summed E-state index contributed by atoms with van der Waals surface area (Å²) in [6.45, 7) is 2.21. The minimum absolute atomic E-state index is 0.325. The van der Waals surface area contributed by atoms with E-state index in [1.807, 2.05) is 6.07 Å². The van der Waals surface area contributed by atoms with Gasteiger partial charge in [0.1, 0.15) is 23.8 Å². The van der Waals surface area contributed by atoms with E-state index in [0.717, 1.165) is 44.2 Å². The van der Waals surface area contributed by atoms with Gasteiger partial charge in [0.2, 0.25) is 5.88 Å². The van der Waals surface area contributed by atoms with Crippen LogP contribution in [0.5, 0.6) is 5.88 Å². The number of nitrogens with zero attached hydrogens (tertiary/aromatic N) is 4. The van der Waals surface area contributed by atoms with Gasteiger partial charge in [-0.3, -0.25) is 4.90 Å². The van der Waals surface area contributed by atoms with E-state index in [1.165, 1.54) is 18.5 Å². The smallest absolute Gasteiger partial charge is 0.218 e. The molecule has 1 aromatic carbocycles. The van der Waals surface area contributed by atoms with Crippen molar-refractivity contribution in [3.8, 4) is 5.88 Å². The first-order valence-electron chi connectivity index (χ1n) is 8.94. The third-order valence-electron chi connectivity index (χ3n) is 5.09. The molecule has 0 amide bonds. The van der Waals surface area contributed by atoms with Crippen molar-refractivity contribution in [1.29, 1.82) is 0 Å². The Labute approximate surface area is 151 Å². The predicted molar refractivity (Wildman–Crippen MR) is 94.1 cm³/mol. The van der Waals surface area contributed by atoms with Gasteiger partial charge in [-0.1, -0.05) is 6.07 Å². The number of methoxy groups -OCH3 is 1. The Bertz CT molecular complexity index is 784. The first-order valence-corrected chi connectivity index (χ1v) is 8.94. The van der Waals surface area contributed by atoms with Gasteiger partial charge in [-0.25, -0.2) is 18.7 Å². The van der Waals surface area contributed by atoms with E-state index in [9.17, 15) is 8.78 Å². The number of hydrogen-bond donors (Lipinski definition) is 0. The molecule has 2 heterocycles. The second-order valence-corrected chi connectivity index (χ2v) is 6.97. The fourth-order valence-electron chi connectivity index (χ4n) is 3.68. The van der Waals surface area contributed by atoms with Crippen LogP contribution in [0.1, 0.15) is 24.8 Å². The highest BCUT2D eigenvalue weighted by Gasteiger charge is 2.38. The van der Waals surface area contributed by atoms with Gasteiger partial charge in [-0.05, 0) is 25.3 Å². The number of anilines is 1. The zero-order chi connectivity index (χ0) is 18.1. The maximum Gasteiger partial charge on any atom is 0.218 e. The molecule has 1 atom stereocenters. The van der Waals surface area contributed by atoms with Crippen molar-refractivity contribution in [2.45, 2.75) is 37.9 Å². The highest BCUT2D eigenvalue weighted by atomic mass is 19.1. The molecular weight excluding hydrogens is 338 g/mol. The number of aromatic nitrogens is 2. The van der Waals surface area contributed by atoms with Crippen LogP contribution >= 0.6 is 0 Å². The van der Waals surface area contributed by atoms with Crippen LogP contribution in [0, 0.1) is 11.6 Å². The van der Waals surface area contributed by atoms with Gasteiger partial charge in [-0.15, -0.1) is 0 Å². The Morgan fingerprint density at radius 3 is 2.73 bits per heavy atom. The topological polar surface area (TPSA) is 41.5 Å². The molecule has 7 heteroatoms. The predicted octanol–water partition coefficient (Wildman–Crippen LogP) is 3.01. The number of hydrogen-bond acceptors (Lipinski definition) is 5. The summed E-state index contributed by atoms with van der Waals surface area (Å²) < 4.78 is 32.3. The summed E-state index contributed by atoms with van der Waals surface area (Å²) >= 11 is 0.